The van der Waals surface area contributed by atoms with Gasteiger partial charge in [-0.2, -0.15) is 5.26 Å². The first-order valence-electron chi connectivity index (χ1n) is 4.11. The van der Waals surface area contributed by atoms with Crippen molar-refractivity contribution in [1.29, 1.82) is 5.26 Å². The van der Waals surface area contributed by atoms with Crippen LogP contribution in [0.1, 0.15) is 36.2 Å². The van der Waals surface area contributed by atoms with Crippen LogP contribution in [-0.4, -0.2) is 21.2 Å². The normalized spacial score (nSPS) is 9.46. The molecule has 1 aromatic rings. The van der Waals surface area contributed by atoms with E-state index in [4.69, 9.17) is 5.26 Å². The molecule has 1 N–H and O–H groups in total. The summed E-state index contributed by atoms with van der Waals surface area (Å²) in [6, 6.07) is 2.03. The number of carbonyl (C=O) groups excluding carboxylic acids is 1. The van der Waals surface area contributed by atoms with E-state index in [1.54, 1.807) is 0 Å². The Hall–Kier alpha value is -1.70. The van der Waals surface area contributed by atoms with Crippen molar-refractivity contribution in [3.63, 3.8) is 0 Å². The van der Waals surface area contributed by atoms with Gasteiger partial charge in [-0.05, 0) is 12.8 Å². The van der Waals surface area contributed by atoms with Crippen LogP contribution in [0, 0.1) is 11.3 Å². The molecule has 0 aliphatic heterocycles. The summed E-state index contributed by atoms with van der Waals surface area (Å²) < 4.78 is 0. The van der Waals surface area contributed by atoms with Gasteiger partial charge in [0.2, 0.25) is 0 Å². The van der Waals surface area contributed by atoms with Gasteiger partial charge in [-0.15, -0.1) is 5.10 Å². The van der Waals surface area contributed by atoms with Gasteiger partial charge in [-0.25, -0.2) is 0 Å². The standard InChI is InChI=1S/C8H10N4O/c9-5-3-1-2-4-8(13)7-6-10-12-11-7/h6H,1-4H2,(H,10,11,12). The molecule has 0 spiro atoms. The van der Waals surface area contributed by atoms with Crippen LogP contribution >= 0.6 is 0 Å². The molecule has 0 unspecified atom stereocenters. The number of Topliss-reactive ketones (excluding diaryl/α,β-unsaturated/α-hetero) is 1. The second kappa shape index (κ2) is 5.04. The fraction of sp³-hybridized carbons (Fsp3) is 0.500. The average Bonchev–Trinajstić information content (AvgIpc) is 2.65. The highest BCUT2D eigenvalue weighted by Crippen LogP contribution is 2.03. The lowest BCUT2D eigenvalue weighted by Crippen LogP contribution is -1.99. The highest BCUT2D eigenvalue weighted by atomic mass is 16.1. The van der Waals surface area contributed by atoms with Gasteiger partial charge < -0.3 is 0 Å². The van der Waals surface area contributed by atoms with E-state index < -0.39 is 0 Å². The smallest absolute Gasteiger partial charge is 0.184 e. The lowest BCUT2D eigenvalue weighted by atomic mass is 10.1. The molecule has 0 aromatic carbocycles. The Balaban J connectivity index is 2.24. The molecule has 0 fully saturated rings. The number of unbranched alkanes of at least 4 members (excludes halogenated alkanes) is 2. The van der Waals surface area contributed by atoms with E-state index >= 15 is 0 Å². The van der Waals surface area contributed by atoms with Crippen molar-refractivity contribution >= 4 is 5.78 Å². The number of rotatable bonds is 5. The van der Waals surface area contributed by atoms with Crippen LogP contribution in [0.2, 0.25) is 0 Å². The third-order valence-electron chi connectivity index (χ3n) is 1.64. The number of hydrogen-bond acceptors (Lipinski definition) is 4. The van der Waals surface area contributed by atoms with Crippen LogP contribution in [-0.2, 0) is 0 Å². The number of aromatic nitrogens is 3. The number of carbonyl (C=O) groups is 1. The number of ketones is 1. The number of nitrogens with zero attached hydrogens (tertiary/aromatic N) is 3. The third-order valence-corrected chi connectivity index (χ3v) is 1.64. The first kappa shape index (κ1) is 9.39. The molecule has 0 aliphatic rings. The fourth-order valence-corrected chi connectivity index (χ4v) is 0.956. The topological polar surface area (TPSA) is 82.4 Å². The summed E-state index contributed by atoms with van der Waals surface area (Å²) in [4.78, 5) is 11.3. The number of nitrogens with one attached hydrogen (secondary N) is 1. The van der Waals surface area contributed by atoms with E-state index in [1.807, 2.05) is 6.07 Å². The third kappa shape index (κ3) is 3.03. The average molecular weight is 178 g/mol. The van der Waals surface area contributed by atoms with Crippen LogP contribution in [0.25, 0.3) is 0 Å². The van der Waals surface area contributed by atoms with Gasteiger partial charge in [0.25, 0.3) is 0 Å². The lowest BCUT2D eigenvalue weighted by molar-refractivity contribution is 0.0974. The van der Waals surface area contributed by atoms with Crippen molar-refractivity contribution in [2.45, 2.75) is 25.7 Å². The second-order valence-electron chi connectivity index (χ2n) is 2.65. The predicted octanol–water partition coefficient (Wildman–Crippen LogP) is 1.07. The van der Waals surface area contributed by atoms with Gasteiger partial charge in [-0.1, -0.05) is 5.21 Å². The molecule has 1 aromatic heterocycles. The fourth-order valence-electron chi connectivity index (χ4n) is 0.956. The molecule has 0 amide bonds. The first-order chi connectivity index (χ1) is 6.34. The Kier molecular flexibility index (Phi) is 3.64. The maximum absolute atomic E-state index is 11.3. The molecule has 1 heterocycles. The molecule has 0 bridgehead atoms. The van der Waals surface area contributed by atoms with Gasteiger partial charge in [0.15, 0.2) is 5.78 Å². The molecule has 1 rings (SSSR count). The summed E-state index contributed by atoms with van der Waals surface area (Å²) >= 11 is 0. The second-order valence-corrected chi connectivity index (χ2v) is 2.65. The Morgan fingerprint density at radius 1 is 1.62 bits per heavy atom. The van der Waals surface area contributed by atoms with Gasteiger partial charge in [-0.3, -0.25) is 9.89 Å². The Labute approximate surface area is 75.8 Å². The summed E-state index contributed by atoms with van der Waals surface area (Å²) in [5.41, 5.74) is 0.372. The van der Waals surface area contributed by atoms with Crippen molar-refractivity contribution in [2.75, 3.05) is 0 Å². The van der Waals surface area contributed by atoms with Gasteiger partial charge in [0, 0.05) is 12.8 Å². The minimum atomic E-state index is -0.0216. The van der Waals surface area contributed by atoms with Crippen LogP contribution in [0.3, 0.4) is 0 Å². The highest BCUT2D eigenvalue weighted by Gasteiger charge is 2.07. The maximum Gasteiger partial charge on any atom is 0.184 e. The monoisotopic (exact) mass is 178 g/mol. The van der Waals surface area contributed by atoms with Crippen LogP contribution in [0.15, 0.2) is 6.20 Å². The van der Waals surface area contributed by atoms with Gasteiger partial charge >= 0.3 is 0 Å². The highest BCUT2D eigenvalue weighted by molar-refractivity contribution is 5.93. The van der Waals surface area contributed by atoms with Crippen LogP contribution in [0.4, 0.5) is 0 Å². The van der Waals surface area contributed by atoms with Crippen molar-refractivity contribution in [3.8, 4) is 6.07 Å². The molecule has 68 valence electrons. The molecular weight excluding hydrogens is 168 g/mol. The molecule has 0 saturated carbocycles. The Morgan fingerprint density at radius 2 is 2.46 bits per heavy atom. The summed E-state index contributed by atoms with van der Waals surface area (Å²) in [6.07, 6.45) is 3.92. The van der Waals surface area contributed by atoms with E-state index in [0.29, 0.717) is 18.5 Å². The molecule has 13 heavy (non-hydrogen) atoms. The van der Waals surface area contributed by atoms with E-state index in [2.05, 4.69) is 15.4 Å². The summed E-state index contributed by atoms with van der Waals surface area (Å²) in [5.74, 6) is -0.0216. The zero-order chi connectivity index (χ0) is 9.52. The summed E-state index contributed by atoms with van der Waals surface area (Å²) in [7, 11) is 0. The number of aromatic amines is 1. The zero-order valence-electron chi connectivity index (χ0n) is 7.16. The van der Waals surface area contributed by atoms with E-state index in [9.17, 15) is 4.79 Å². The molecule has 0 atom stereocenters. The largest absolute Gasteiger partial charge is 0.292 e. The van der Waals surface area contributed by atoms with E-state index in [-0.39, 0.29) is 5.78 Å². The molecule has 5 heteroatoms. The van der Waals surface area contributed by atoms with Crippen LogP contribution < -0.4 is 0 Å². The van der Waals surface area contributed by atoms with Crippen molar-refractivity contribution in [1.82, 2.24) is 15.4 Å². The SMILES string of the molecule is N#CCCCCC(=O)c1c[nH]nn1. The minimum Gasteiger partial charge on any atom is -0.292 e. The molecule has 0 saturated heterocycles. The Bertz CT molecular complexity index is 298. The molecule has 0 aliphatic carbocycles. The zero-order valence-corrected chi connectivity index (χ0v) is 7.16. The first-order valence-corrected chi connectivity index (χ1v) is 4.11. The summed E-state index contributed by atoms with van der Waals surface area (Å²) in [6.45, 7) is 0. The van der Waals surface area contributed by atoms with Gasteiger partial charge in [0.05, 0.1) is 12.3 Å². The number of nitriles is 1. The Morgan fingerprint density at radius 3 is 3.08 bits per heavy atom. The number of H-pyrrole nitrogens is 1. The molecule has 0 radical (unpaired) electrons. The quantitative estimate of drug-likeness (QED) is 0.540. The van der Waals surface area contributed by atoms with Crippen molar-refractivity contribution in [3.05, 3.63) is 11.9 Å². The lowest BCUT2D eigenvalue weighted by Gasteiger charge is -1.93. The van der Waals surface area contributed by atoms with E-state index in [1.165, 1.54) is 6.20 Å². The van der Waals surface area contributed by atoms with Gasteiger partial charge in [0.1, 0.15) is 5.69 Å². The molecular formula is C8H10N4O. The van der Waals surface area contributed by atoms with E-state index in [0.717, 1.165) is 12.8 Å². The summed E-state index contributed by atoms with van der Waals surface area (Å²) in [5, 5.41) is 17.8. The maximum atomic E-state index is 11.3. The molecule has 5 nitrogen and oxygen atoms in total. The predicted molar refractivity (Wildman–Crippen MR) is 44.8 cm³/mol. The number of hydrogen-bond donors (Lipinski definition) is 1. The minimum absolute atomic E-state index is 0.0216. The van der Waals surface area contributed by atoms with Crippen molar-refractivity contribution < 1.29 is 4.79 Å². The van der Waals surface area contributed by atoms with Crippen molar-refractivity contribution in [2.24, 2.45) is 0 Å². The van der Waals surface area contributed by atoms with Crippen LogP contribution in [0.5, 0.6) is 0 Å².